The maximum Gasteiger partial charge on any atom is 0.492 e. The molecule has 1 heterocycles. The Balaban J connectivity index is 2.80. The van der Waals surface area contributed by atoms with E-state index in [0.29, 0.717) is 10.1 Å². The lowest BCUT2D eigenvalue weighted by Crippen LogP contribution is -2.30. The summed E-state index contributed by atoms with van der Waals surface area (Å²) in [6, 6.07) is 3.00. The van der Waals surface area contributed by atoms with Gasteiger partial charge in [0.2, 0.25) is 0 Å². The Morgan fingerprint density at radius 3 is 2.71 bits per heavy atom. The maximum atomic E-state index is 13.4. The van der Waals surface area contributed by atoms with Crippen molar-refractivity contribution < 1.29 is 19.5 Å². The van der Waals surface area contributed by atoms with E-state index >= 15 is 0 Å². The number of thiophene rings is 1. The number of phenols is 1. The first-order valence-electron chi connectivity index (χ1n) is 3.86. The average molecular weight is 212 g/mol. The van der Waals surface area contributed by atoms with Crippen LogP contribution in [0.3, 0.4) is 0 Å². The number of benzene rings is 1. The second-order valence-corrected chi connectivity index (χ2v) is 3.76. The van der Waals surface area contributed by atoms with Crippen molar-refractivity contribution in [1.29, 1.82) is 0 Å². The van der Waals surface area contributed by atoms with E-state index in [2.05, 4.69) is 0 Å². The molecule has 0 amide bonds. The molecule has 0 saturated heterocycles. The van der Waals surface area contributed by atoms with E-state index < -0.39 is 18.7 Å². The summed E-state index contributed by atoms with van der Waals surface area (Å²) in [6.07, 6.45) is 0. The Labute approximate surface area is 83.2 Å². The summed E-state index contributed by atoms with van der Waals surface area (Å²) in [5, 5.41) is 29.2. The van der Waals surface area contributed by atoms with Gasteiger partial charge in [0.05, 0.1) is 4.70 Å². The number of phenolic OH excluding ortho intramolecular Hbond substituents is 1. The average Bonchev–Trinajstić information content (AvgIpc) is 2.58. The Bertz CT molecular complexity index is 483. The van der Waals surface area contributed by atoms with Gasteiger partial charge in [0.15, 0.2) is 11.6 Å². The molecule has 0 bridgehead atoms. The molecule has 0 spiro atoms. The van der Waals surface area contributed by atoms with Gasteiger partial charge in [-0.15, -0.1) is 11.3 Å². The van der Waals surface area contributed by atoms with Crippen molar-refractivity contribution in [2.75, 3.05) is 0 Å². The van der Waals surface area contributed by atoms with Gasteiger partial charge in [0.25, 0.3) is 0 Å². The third kappa shape index (κ3) is 1.28. The lowest BCUT2D eigenvalue weighted by molar-refractivity contribution is 0.412. The van der Waals surface area contributed by atoms with Gasteiger partial charge >= 0.3 is 7.12 Å². The highest BCUT2D eigenvalue weighted by Gasteiger charge is 2.21. The third-order valence-corrected chi connectivity index (χ3v) is 2.89. The van der Waals surface area contributed by atoms with E-state index in [0.717, 1.165) is 11.3 Å². The molecule has 0 aliphatic rings. The Morgan fingerprint density at radius 1 is 1.36 bits per heavy atom. The molecular weight excluding hydrogens is 206 g/mol. The first kappa shape index (κ1) is 9.45. The molecule has 3 N–H and O–H groups in total. The molecule has 14 heavy (non-hydrogen) atoms. The maximum absolute atomic E-state index is 13.4. The predicted molar refractivity (Wildman–Crippen MR) is 53.3 cm³/mol. The molecule has 0 radical (unpaired) electrons. The van der Waals surface area contributed by atoms with E-state index in [4.69, 9.17) is 10.0 Å². The van der Waals surface area contributed by atoms with Gasteiger partial charge in [0.1, 0.15) is 0 Å². The van der Waals surface area contributed by atoms with Crippen LogP contribution in [0.1, 0.15) is 0 Å². The van der Waals surface area contributed by atoms with Crippen LogP contribution in [-0.2, 0) is 0 Å². The molecule has 0 atom stereocenters. The van der Waals surface area contributed by atoms with Crippen molar-refractivity contribution in [1.82, 2.24) is 0 Å². The lowest BCUT2D eigenvalue weighted by atomic mass is 9.79. The fourth-order valence-electron chi connectivity index (χ4n) is 1.28. The number of fused-ring (bicyclic) bond motifs is 1. The van der Waals surface area contributed by atoms with Crippen LogP contribution >= 0.6 is 11.3 Å². The summed E-state index contributed by atoms with van der Waals surface area (Å²) in [4.78, 5) is 0. The van der Waals surface area contributed by atoms with Crippen molar-refractivity contribution in [2.45, 2.75) is 0 Å². The second kappa shape index (κ2) is 3.23. The quantitative estimate of drug-likeness (QED) is 0.600. The van der Waals surface area contributed by atoms with Gasteiger partial charge in [-0.3, -0.25) is 0 Å². The first-order chi connectivity index (χ1) is 6.61. The zero-order chi connectivity index (χ0) is 10.3. The SMILES string of the molecule is OB(O)c1cc2ccsc2c(F)c1O. The number of rotatable bonds is 1. The minimum Gasteiger partial charge on any atom is -0.505 e. The van der Waals surface area contributed by atoms with E-state index in [1.54, 1.807) is 11.4 Å². The van der Waals surface area contributed by atoms with Crippen LogP contribution < -0.4 is 5.46 Å². The summed E-state index contributed by atoms with van der Waals surface area (Å²) in [5.41, 5.74) is -0.214. The van der Waals surface area contributed by atoms with Gasteiger partial charge in [-0.1, -0.05) is 0 Å². The fourth-order valence-corrected chi connectivity index (χ4v) is 2.09. The molecule has 0 aliphatic carbocycles. The van der Waals surface area contributed by atoms with Crippen molar-refractivity contribution in [3.05, 3.63) is 23.3 Å². The van der Waals surface area contributed by atoms with Crippen molar-refractivity contribution in [2.24, 2.45) is 0 Å². The van der Waals surface area contributed by atoms with E-state index in [1.807, 2.05) is 0 Å². The molecular formula is C8H6BFO3S. The molecule has 0 saturated carbocycles. The van der Waals surface area contributed by atoms with Crippen LogP contribution in [0.4, 0.5) is 4.39 Å². The third-order valence-electron chi connectivity index (χ3n) is 1.97. The van der Waals surface area contributed by atoms with E-state index in [1.165, 1.54) is 6.07 Å². The molecule has 3 nitrogen and oxygen atoms in total. The normalized spacial score (nSPS) is 10.8. The zero-order valence-corrected chi connectivity index (χ0v) is 7.75. The molecule has 2 rings (SSSR count). The molecule has 1 aromatic heterocycles. The minimum atomic E-state index is -1.87. The van der Waals surface area contributed by atoms with Gasteiger partial charge in [-0.25, -0.2) is 4.39 Å². The Hall–Kier alpha value is -1.11. The van der Waals surface area contributed by atoms with Crippen LogP contribution in [0.2, 0.25) is 0 Å². The molecule has 72 valence electrons. The lowest BCUT2D eigenvalue weighted by Gasteiger charge is -2.04. The fraction of sp³-hybridized carbons (Fsp3) is 0. The Morgan fingerprint density at radius 2 is 2.07 bits per heavy atom. The molecule has 0 unspecified atom stereocenters. The molecule has 2 aromatic rings. The van der Waals surface area contributed by atoms with Gasteiger partial charge in [-0.2, -0.15) is 0 Å². The van der Waals surface area contributed by atoms with Crippen molar-refractivity contribution in [3.63, 3.8) is 0 Å². The van der Waals surface area contributed by atoms with Crippen LogP contribution in [0.5, 0.6) is 5.75 Å². The van der Waals surface area contributed by atoms with Crippen LogP contribution in [0, 0.1) is 5.82 Å². The topological polar surface area (TPSA) is 60.7 Å². The smallest absolute Gasteiger partial charge is 0.492 e. The summed E-state index contributed by atoms with van der Waals surface area (Å²) in [5.74, 6) is -1.50. The van der Waals surface area contributed by atoms with Crippen LogP contribution in [-0.4, -0.2) is 22.3 Å². The summed E-state index contributed by atoms with van der Waals surface area (Å²) < 4.78 is 13.7. The van der Waals surface area contributed by atoms with E-state index in [9.17, 15) is 9.50 Å². The minimum absolute atomic E-state index is 0.214. The predicted octanol–water partition coefficient (Wildman–Crippen LogP) is 0.426. The number of hydrogen-bond acceptors (Lipinski definition) is 4. The number of aromatic hydroxyl groups is 1. The van der Waals surface area contributed by atoms with Crippen molar-refractivity contribution in [3.8, 4) is 5.75 Å². The van der Waals surface area contributed by atoms with Gasteiger partial charge in [0, 0.05) is 5.46 Å². The Kier molecular flexibility index (Phi) is 2.18. The van der Waals surface area contributed by atoms with Crippen LogP contribution in [0.15, 0.2) is 17.5 Å². The van der Waals surface area contributed by atoms with Gasteiger partial charge in [-0.05, 0) is 22.9 Å². The summed E-state index contributed by atoms with van der Waals surface area (Å²) >= 11 is 1.15. The molecule has 6 heteroatoms. The summed E-state index contributed by atoms with van der Waals surface area (Å²) in [6.45, 7) is 0. The largest absolute Gasteiger partial charge is 0.505 e. The highest BCUT2D eigenvalue weighted by atomic mass is 32.1. The highest BCUT2D eigenvalue weighted by Crippen LogP contribution is 2.28. The van der Waals surface area contributed by atoms with E-state index in [-0.39, 0.29) is 5.46 Å². The molecule has 1 aromatic carbocycles. The highest BCUT2D eigenvalue weighted by molar-refractivity contribution is 7.17. The number of halogens is 1. The van der Waals surface area contributed by atoms with Crippen LogP contribution in [0.25, 0.3) is 10.1 Å². The summed E-state index contributed by atoms with van der Waals surface area (Å²) in [7, 11) is -1.87. The first-order valence-corrected chi connectivity index (χ1v) is 4.74. The molecule has 0 aliphatic heterocycles. The zero-order valence-electron chi connectivity index (χ0n) is 6.94. The van der Waals surface area contributed by atoms with Crippen molar-refractivity contribution >= 4 is 34.0 Å². The standard InChI is InChI=1S/C8H6BFO3S/c10-6-7(11)5(9(12)13)3-4-1-2-14-8(4)6/h1-3,11-13H. The monoisotopic (exact) mass is 212 g/mol. The van der Waals surface area contributed by atoms with Gasteiger partial charge < -0.3 is 15.2 Å². The molecule has 0 fully saturated rings. The number of hydrogen-bond donors (Lipinski definition) is 3. The second-order valence-electron chi connectivity index (χ2n) is 2.84.